The lowest BCUT2D eigenvalue weighted by molar-refractivity contribution is 0.475. The number of nitrogens with zero attached hydrogens (tertiary/aromatic N) is 1. The number of benzene rings is 2. The van der Waals surface area contributed by atoms with E-state index in [-0.39, 0.29) is 18.2 Å². The number of hydrogen-bond acceptors (Lipinski definition) is 4. The molecule has 0 unspecified atom stereocenters. The van der Waals surface area contributed by atoms with E-state index in [1.54, 1.807) is 22.9 Å². The van der Waals surface area contributed by atoms with E-state index in [1.807, 2.05) is 12.1 Å². The second kappa shape index (κ2) is 5.86. The molecular formula is C13H12ClN2OS2. The Morgan fingerprint density at radius 3 is 2.58 bits per heavy atom. The third kappa shape index (κ3) is 3.05. The van der Waals surface area contributed by atoms with Crippen molar-refractivity contribution >= 4 is 51.2 Å². The van der Waals surface area contributed by atoms with Crippen LogP contribution in [0.5, 0.6) is 5.75 Å². The molecule has 1 aliphatic heterocycles. The molecule has 0 aliphatic carbocycles. The number of phenolic OH excluding ortho intramolecular Hbond substituents is 1. The Morgan fingerprint density at radius 2 is 1.84 bits per heavy atom. The van der Waals surface area contributed by atoms with Crippen LogP contribution in [0.1, 0.15) is 5.56 Å². The van der Waals surface area contributed by atoms with Crippen molar-refractivity contribution in [1.82, 2.24) is 4.72 Å². The smallest absolute Gasteiger partial charge is 0.115 e. The van der Waals surface area contributed by atoms with E-state index < -0.39 is 0 Å². The fourth-order valence-electron chi connectivity index (χ4n) is 1.81. The molecule has 2 aromatic carbocycles. The molecule has 3 rings (SSSR count). The van der Waals surface area contributed by atoms with Gasteiger partial charge in [-0.05, 0) is 59.7 Å². The van der Waals surface area contributed by atoms with Crippen LogP contribution in [-0.2, 0) is 0 Å². The maximum atomic E-state index is 9.25. The third-order valence-corrected chi connectivity index (χ3v) is 4.49. The second-order valence-corrected chi connectivity index (χ2v) is 5.95. The maximum Gasteiger partial charge on any atom is 0.115 e. The number of aromatic hydroxyl groups is 1. The van der Waals surface area contributed by atoms with Gasteiger partial charge in [0.1, 0.15) is 5.75 Å². The zero-order valence-corrected chi connectivity index (χ0v) is 12.5. The molecule has 0 aromatic heterocycles. The molecule has 19 heavy (non-hydrogen) atoms. The number of aryl methyl sites for hydroxylation is 1. The first-order valence-electron chi connectivity index (χ1n) is 5.48. The molecule has 99 valence electrons. The molecule has 0 amide bonds. The quantitative estimate of drug-likeness (QED) is 0.476. The van der Waals surface area contributed by atoms with Crippen LogP contribution < -0.4 is 10.0 Å². The molecule has 1 radical (unpaired) electrons. The summed E-state index contributed by atoms with van der Waals surface area (Å²) in [4.78, 5) is 1.20. The molecule has 3 nitrogen and oxygen atoms in total. The highest BCUT2D eigenvalue weighted by molar-refractivity contribution is 8.76. The molecule has 0 atom stereocenters. The summed E-state index contributed by atoms with van der Waals surface area (Å²) in [6.07, 6.45) is 0. The van der Waals surface area contributed by atoms with Gasteiger partial charge in [-0.15, -0.1) is 12.4 Å². The normalized spacial score (nSPS) is 12.3. The van der Waals surface area contributed by atoms with Crippen molar-refractivity contribution in [3.8, 4) is 5.75 Å². The van der Waals surface area contributed by atoms with E-state index in [1.165, 1.54) is 21.4 Å². The van der Waals surface area contributed by atoms with Gasteiger partial charge in [0.05, 0.1) is 5.69 Å². The zero-order chi connectivity index (χ0) is 12.5. The Kier molecular flexibility index (Phi) is 4.39. The zero-order valence-electron chi connectivity index (χ0n) is 10.1. The topological polar surface area (TPSA) is 46.4 Å². The molecule has 0 saturated carbocycles. The van der Waals surface area contributed by atoms with E-state index in [2.05, 4.69) is 29.1 Å². The number of hydrogen-bond donors (Lipinski definition) is 2. The lowest BCUT2D eigenvalue weighted by Gasteiger charge is -2.09. The summed E-state index contributed by atoms with van der Waals surface area (Å²) in [7, 11) is 3.19. The van der Waals surface area contributed by atoms with Crippen LogP contribution in [0.2, 0.25) is 0 Å². The van der Waals surface area contributed by atoms with Crippen LogP contribution in [0.25, 0.3) is 0 Å². The molecule has 2 N–H and O–H groups in total. The molecule has 0 fully saturated rings. The average molecular weight is 312 g/mol. The van der Waals surface area contributed by atoms with Gasteiger partial charge < -0.3 is 10.4 Å². The van der Waals surface area contributed by atoms with Gasteiger partial charge in [-0.25, -0.2) is 4.72 Å². The van der Waals surface area contributed by atoms with Crippen LogP contribution in [0, 0.1) is 6.92 Å². The molecule has 1 aliphatic rings. The minimum absolute atomic E-state index is 0. The monoisotopic (exact) mass is 311 g/mol. The summed E-state index contributed by atoms with van der Waals surface area (Å²) in [6, 6.07) is 11.2. The van der Waals surface area contributed by atoms with Gasteiger partial charge in [0.15, 0.2) is 0 Å². The molecule has 0 saturated heterocycles. The van der Waals surface area contributed by atoms with Crippen molar-refractivity contribution < 1.29 is 5.11 Å². The van der Waals surface area contributed by atoms with Gasteiger partial charge >= 0.3 is 0 Å². The Balaban J connectivity index is 0.00000133. The molecule has 0 bridgehead atoms. The Morgan fingerprint density at radius 1 is 1.11 bits per heavy atom. The molecule has 0 spiro atoms. The second-order valence-electron chi connectivity index (χ2n) is 4.06. The highest BCUT2D eigenvalue weighted by atomic mass is 35.5. The lowest BCUT2D eigenvalue weighted by atomic mass is 10.1. The first-order valence-corrected chi connectivity index (χ1v) is 7.58. The Labute approximate surface area is 126 Å². The van der Waals surface area contributed by atoms with Crippen LogP contribution in [-0.4, -0.2) is 5.11 Å². The highest BCUT2D eigenvalue weighted by Gasteiger charge is 2.17. The van der Waals surface area contributed by atoms with E-state index in [4.69, 9.17) is 0 Å². The lowest BCUT2D eigenvalue weighted by Crippen LogP contribution is -1.92. The number of nitrogens with one attached hydrogen (secondary N) is 1. The predicted octanol–water partition coefficient (Wildman–Crippen LogP) is 4.77. The first-order chi connectivity index (χ1) is 8.72. The average Bonchev–Trinajstić information content (AvgIpc) is 2.81. The summed E-state index contributed by atoms with van der Waals surface area (Å²) in [6.45, 7) is 2.07. The van der Waals surface area contributed by atoms with Crippen LogP contribution in [0.4, 0.5) is 17.1 Å². The Bertz CT molecular complexity index is 590. The van der Waals surface area contributed by atoms with Gasteiger partial charge in [-0.1, -0.05) is 0 Å². The maximum absolute atomic E-state index is 9.25. The fraction of sp³-hybridized carbons (Fsp3) is 0.0769. The van der Waals surface area contributed by atoms with Crippen LogP contribution >= 0.6 is 34.2 Å². The standard InChI is InChI=1S/C13H11N2OS2.ClH/c1-8-6-10(7-12-13(8)15-18-17-12)14-9-2-4-11(16)5-3-9;/h2-7,14,16H,1H3;1H. The largest absolute Gasteiger partial charge is 0.508 e. The van der Waals surface area contributed by atoms with E-state index in [0.29, 0.717) is 0 Å². The fourth-order valence-corrected chi connectivity index (χ4v) is 3.72. The summed E-state index contributed by atoms with van der Waals surface area (Å²) in [5.41, 5.74) is 4.26. The summed E-state index contributed by atoms with van der Waals surface area (Å²) in [5, 5.41) is 12.6. The first kappa shape index (κ1) is 14.2. The van der Waals surface area contributed by atoms with Crippen LogP contribution in [0.15, 0.2) is 41.3 Å². The number of phenols is 1. The molecule has 2 aromatic rings. The summed E-state index contributed by atoms with van der Waals surface area (Å²) in [5.74, 6) is 0.274. The van der Waals surface area contributed by atoms with Crippen molar-refractivity contribution in [2.45, 2.75) is 11.8 Å². The summed E-state index contributed by atoms with van der Waals surface area (Å²) < 4.78 is 4.38. The minimum Gasteiger partial charge on any atom is -0.508 e. The number of rotatable bonds is 2. The van der Waals surface area contributed by atoms with Crippen LogP contribution in [0.3, 0.4) is 0 Å². The van der Waals surface area contributed by atoms with Crippen molar-refractivity contribution in [1.29, 1.82) is 0 Å². The summed E-state index contributed by atoms with van der Waals surface area (Å²) >= 11 is 0. The number of anilines is 2. The van der Waals surface area contributed by atoms with E-state index in [0.717, 1.165) is 17.1 Å². The number of halogens is 1. The SMILES string of the molecule is Cc1cc(Nc2ccc(O)cc2)cc2c1[N]SS2.Cl. The molecule has 1 heterocycles. The van der Waals surface area contributed by atoms with Crippen molar-refractivity contribution in [2.75, 3.05) is 5.32 Å². The van der Waals surface area contributed by atoms with Gasteiger partial charge in [0.2, 0.25) is 0 Å². The van der Waals surface area contributed by atoms with E-state index >= 15 is 0 Å². The van der Waals surface area contributed by atoms with Crippen molar-refractivity contribution in [3.05, 3.63) is 42.0 Å². The third-order valence-electron chi connectivity index (χ3n) is 2.68. The van der Waals surface area contributed by atoms with E-state index in [9.17, 15) is 5.11 Å². The van der Waals surface area contributed by atoms with Gasteiger partial charge in [-0.3, -0.25) is 0 Å². The van der Waals surface area contributed by atoms with Gasteiger partial charge in [0.25, 0.3) is 0 Å². The highest BCUT2D eigenvalue weighted by Crippen LogP contribution is 2.47. The molecule has 6 heteroatoms. The Hall–Kier alpha value is -1.17. The van der Waals surface area contributed by atoms with Gasteiger partial charge in [-0.2, -0.15) is 0 Å². The minimum atomic E-state index is 0. The van der Waals surface area contributed by atoms with Gasteiger partial charge in [0, 0.05) is 27.3 Å². The number of fused-ring (bicyclic) bond motifs is 1. The molecular weight excluding hydrogens is 300 g/mol. The predicted molar refractivity (Wildman–Crippen MR) is 85.1 cm³/mol. The van der Waals surface area contributed by atoms with Crippen molar-refractivity contribution in [3.63, 3.8) is 0 Å². The van der Waals surface area contributed by atoms with Crippen molar-refractivity contribution in [2.24, 2.45) is 0 Å².